The molecule has 1 unspecified atom stereocenters. The number of carbonyl (C=O) groups is 1. The van der Waals surface area contributed by atoms with Gasteiger partial charge in [-0.1, -0.05) is 0 Å². The van der Waals surface area contributed by atoms with Crippen molar-refractivity contribution >= 4 is 11.6 Å². The van der Waals surface area contributed by atoms with Crippen LogP contribution in [0.15, 0.2) is 12.1 Å². The molecule has 0 radical (unpaired) electrons. The molecule has 0 saturated carbocycles. The molecule has 0 aliphatic carbocycles. The number of amides is 1. The number of nitrogens with zero attached hydrogens (tertiary/aromatic N) is 1. The van der Waals surface area contributed by atoms with Crippen LogP contribution in [0.4, 0.5) is 5.69 Å². The molecule has 0 aliphatic heterocycles. The highest BCUT2D eigenvalue weighted by atomic mass is 16.5. The SMILES string of the molecule is COc1ccc(NC(C)CC(N)=O)c(C)n1. The maximum atomic E-state index is 10.7. The lowest BCUT2D eigenvalue weighted by atomic mass is 10.2. The van der Waals surface area contributed by atoms with Crippen LogP contribution < -0.4 is 15.8 Å². The highest BCUT2D eigenvalue weighted by Gasteiger charge is 2.08. The Morgan fingerprint density at radius 2 is 2.31 bits per heavy atom. The van der Waals surface area contributed by atoms with Gasteiger partial charge in [0.1, 0.15) is 0 Å². The highest BCUT2D eigenvalue weighted by molar-refractivity contribution is 5.75. The minimum absolute atomic E-state index is 0.00797. The van der Waals surface area contributed by atoms with Gasteiger partial charge in [0.15, 0.2) is 0 Å². The van der Waals surface area contributed by atoms with Crippen molar-refractivity contribution in [2.75, 3.05) is 12.4 Å². The topological polar surface area (TPSA) is 77.2 Å². The molecule has 1 atom stereocenters. The second kappa shape index (κ2) is 5.34. The highest BCUT2D eigenvalue weighted by Crippen LogP contribution is 2.18. The summed E-state index contributed by atoms with van der Waals surface area (Å²) in [5.41, 5.74) is 6.83. The number of methoxy groups -OCH3 is 1. The first-order valence-electron chi connectivity index (χ1n) is 5.09. The van der Waals surface area contributed by atoms with E-state index in [-0.39, 0.29) is 11.9 Å². The Balaban J connectivity index is 2.70. The number of carbonyl (C=O) groups excluding carboxylic acids is 1. The Labute approximate surface area is 95.0 Å². The zero-order valence-corrected chi connectivity index (χ0v) is 9.78. The monoisotopic (exact) mass is 223 g/mol. The third-order valence-electron chi connectivity index (χ3n) is 2.18. The molecule has 0 fully saturated rings. The summed E-state index contributed by atoms with van der Waals surface area (Å²) in [6, 6.07) is 3.64. The first-order valence-corrected chi connectivity index (χ1v) is 5.09. The molecule has 1 heterocycles. The van der Waals surface area contributed by atoms with Gasteiger partial charge < -0.3 is 15.8 Å². The molecule has 3 N–H and O–H groups in total. The normalized spacial score (nSPS) is 11.9. The second-order valence-electron chi connectivity index (χ2n) is 3.70. The summed E-state index contributed by atoms with van der Waals surface area (Å²) in [6.45, 7) is 3.77. The Hall–Kier alpha value is -1.78. The zero-order valence-electron chi connectivity index (χ0n) is 9.78. The van der Waals surface area contributed by atoms with Crippen LogP contribution in [0.25, 0.3) is 0 Å². The van der Waals surface area contributed by atoms with E-state index in [0.29, 0.717) is 12.3 Å². The zero-order chi connectivity index (χ0) is 12.1. The van der Waals surface area contributed by atoms with Gasteiger partial charge in [0.2, 0.25) is 11.8 Å². The third kappa shape index (κ3) is 3.42. The van der Waals surface area contributed by atoms with Gasteiger partial charge in [0.25, 0.3) is 0 Å². The number of anilines is 1. The number of pyridine rings is 1. The van der Waals surface area contributed by atoms with Crippen molar-refractivity contribution in [2.24, 2.45) is 5.73 Å². The maximum absolute atomic E-state index is 10.7. The first-order chi connectivity index (χ1) is 7.52. The number of primary amides is 1. The molecule has 5 nitrogen and oxygen atoms in total. The number of nitrogens with two attached hydrogens (primary N) is 1. The van der Waals surface area contributed by atoms with Gasteiger partial charge in [-0.15, -0.1) is 0 Å². The molecule has 0 aliphatic rings. The molecular weight excluding hydrogens is 206 g/mol. The largest absolute Gasteiger partial charge is 0.481 e. The van der Waals surface area contributed by atoms with Crippen LogP contribution in [0.3, 0.4) is 0 Å². The van der Waals surface area contributed by atoms with Crippen LogP contribution in [-0.4, -0.2) is 24.0 Å². The fraction of sp³-hybridized carbons (Fsp3) is 0.455. The third-order valence-corrected chi connectivity index (χ3v) is 2.18. The molecule has 1 rings (SSSR count). The van der Waals surface area contributed by atoms with E-state index < -0.39 is 0 Å². The maximum Gasteiger partial charge on any atom is 0.219 e. The van der Waals surface area contributed by atoms with Gasteiger partial charge in [0, 0.05) is 18.5 Å². The van der Waals surface area contributed by atoms with Gasteiger partial charge in [0.05, 0.1) is 18.5 Å². The van der Waals surface area contributed by atoms with Crippen molar-refractivity contribution in [3.8, 4) is 5.88 Å². The fourth-order valence-electron chi connectivity index (χ4n) is 1.42. The van der Waals surface area contributed by atoms with E-state index in [1.807, 2.05) is 19.9 Å². The summed E-state index contributed by atoms with van der Waals surface area (Å²) in [5, 5.41) is 3.17. The quantitative estimate of drug-likeness (QED) is 0.783. The minimum Gasteiger partial charge on any atom is -0.481 e. The number of aryl methyl sites for hydroxylation is 1. The number of aromatic nitrogens is 1. The number of hydrogen-bond acceptors (Lipinski definition) is 4. The standard InChI is InChI=1S/C11H17N3O2/c1-7(6-10(12)15)13-9-4-5-11(16-3)14-8(9)2/h4-5,7,13H,6H2,1-3H3,(H2,12,15). The van der Waals surface area contributed by atoms with Crippen LogP contribution in [0.1, 0.15) is 19.0 Å². The molecule has 1 aromatic heterocycles. The summed E-state index contributed by atoms with van der Waals surface area (Å²) in [5.74, 6) is 0.254. The summed E-state index contributed by atoms with van der Waals surface area (Å²) in [6.07, 6.45) is 0.297. The average Bonchev–Trinajstić information content (AvgIpc) is 2.19. The lowest BCUT2D eigenvalue weighted by molar-refractivity contribution is -0.118. The number of ether oxygens (including phenoxy) is 1. The molecule has 0 bridgehead atoms. The Morgan fingerprint density at radius 1 is 1.62 bits per heavy atom. The Morgan fingerprint density at radius 3 is 2.81 bits per heavy atom. The molecule has 0 saturated heterocycles. The van der Waals surface area contributed by atoms with Gasteiger partial charge in [-0.2, -0.15) is 0 Å². The van der Waals surface area contributed by atoms with Crippen molar-refractivity contribution in [3.63, 3.8) is 0 Å². The molecule has 1 amide bonds. The van der Waals surface area contributed by atoms with Gasteiger partial charge in [-0.05, 0) is 19.9 Å². The van der Waals surface area contributed by atoms with Gasteiger partial charge >= 0.3 is 0 Å². The molecule has 88 valence electrons. The van der Waals surface area contributed by atoms with E-state index in [0.717, 1.165) is 11.4 Å². The lowest BCUT2D eigenvalue weighted by Crippen LogP contribution is -2.24. The van der Waals surface area contributed by atoms with E-state index in [9.17, 15) is 4.79 Å². The van der Waals surface area contributed by atoms with Crippen LogP contribution in [0.2, 0.25) is 0 Å². The summed E-state index contributed by atoms with van der Waals surface area (Å²) in [4.78, 5) is 15.0. The molecule has 0 aromatic carbocycles. The molecule has 5 heteroatoms. The summed E-state index contributed by atoms with van der Waals surface area (Å²) < 4.78 is 5.01. The summed E-state index contributed by atoms with van der Waals surface area (Å²) in [7, 11) is 1.57. The van der Waals surface area contributed by atoms with Crippen molar-refractivity contribution < 1.29 is 9.53 Å². The molecule has 1 aromatic rings. The summed E-state index contributed by atoms with van der Waals surface area (Å²) >= 11 is 0. The first kappa shape index (κ1) is 12.3. The van der Waals surface area contributed by atoms with E-state index in [4.69, 9.17) is 10.5 Å². The van der Waals surface area contributed by atoms with Crippen LogP contribution in [0, 0.1) is 6.92 Å². The number of hydrogen-bond donors (Lipinski definition) is 2. The number of nitrogens with one attached hydrogen (secondary N) is 1. The van der Waals surface area contributed by atoms with Crippen molar-refractivity contribution in [3.05, 3.63) is 17.8 Å². The van der Waals surface area contributed by atoms with Gasteiger partial charge in [-0.25, -0.2) is 4.98 Å². The second-order valence-corrected chi connectivity index (χ2v) is 3.70. The Bertz CT molecular complexity index is 379. The smallest absolute Gasteiger partial charge is 0.219 e. The minimum atomic E-state index is -0.320. The van der Waals surface area contributed by atoms with Crippen molar-refractivity contribution in [2.45, 2.75) is 26.3 Å². The van der Waals surface area contributed by atoms with E-state index in [1.165, 1.54) is 0 Å². The number of rotatable bonds is 5. The van der Waals surface area contributed by atoms with Gasteiger partial charge in [-0.3, -0.25) is 4.79 Å². The predicted molar refractivity (Wildman–Crippen MR) is 62.4 cm³/mol. The van der Waals surface area contributed by atoms with Crippen molar-refractivity contribution in [1.82, 2.24) is 4.98 Å². The molecular formula is C11H17N3O2. The lowest BCUT2D eigenvalue weighted by Gasteiger charge is -2.15. The van der Waals surface area contributed by atoms with Crippen LogP contribution >= 0.6 is 0 Å². The van der Waals surface area contributed by atoms with Crippen LogP contribution in [-0.2, 0) is 4.79 Å². The van der Waals surface area contributed by atoms with Crippen LogP contribution in [0.5, 0.6) is 5.88 Å². The van der Waals surface area contributed by atoms with E-state index in [2.05, 4.69) is 10.3 Å². The molecule has 0 spiro atoms. The predicted octanol–water partition coefficient (Wildman–Crippen LogP) is 1.07. The van der Waals surface area contributed by atoms with Crippen molar-refractivity contribution in [1.29, 1.82) is 0 Å². The Kier molecular flexibility index (Phi) is 4.10. The molecule has 16 heavy (non-hydrogen) atoms. The van der Waals surface area contributed by atoms with E-state index >= 15 is 0 Å². The fourth-order valence-corrected chi connectivity index (χ4v) is 1.42. The van der Waals surface area contributed by atoms with E-state index in [1.54, 1.807) is 13.2 Å². The average molecular weight is 223 g/mol.